The van der Waals surface area contributed by atoms with E-state index in [9.17, 15) is 4.79 Å². The molecule has 0 radical (unpaired) electrons. The molecule has 7 heteroatoms. The molecule has 3 aromatic rings. The van der Waals surface area contributed by atoms with Crippen molar-refractivity contribution in [2.75, 3.05) is 32.8 Å². The van der Waals surface area contributed by atoms with Gasteiger partial charge in [-0.05, 0) is 17.7 Å². The fourth-order valence-electron chi connectivity index (χ4n) is 3.73. The number of amides is 1. The summed E-state index contributed by atoms with van der Waals surface area (Å²) in [6, 6.07) is 19.7. The van der Waals surface area contributed by atoms with E-state index in [4.69, 9.17) is 4.74 Å². The van der Waals surface area contributed by atoms with Crippen molar-refractivity contribution in [3.05, 3.63) is 84.0 Å². The van der Waals surface area contributed by atoms with Crippen molar-refractivity contribution in [2.45, 2.75) is 19.4 Å². The highest BCUT2D eigenvalue weighted by Crippen LogP contribution is 2.11. The second kappa shape index (κ2) is 11.2. The maximum absolute atomic E-state index is 12.0. The Morgan fingerprint density at radius 3 is 2.59 bits per heavy atom. The van der Waals surface area contributed by atoms with Crippen LogP contribution in [0.1, 0.15) is 17.2 Å². The highest BCUT2D eigenvalue weighted by Gasteiger charge is 2.18. The number of nitrogens with one attached hydrogen (secondary N) is 1. The molecule has 4 rings (SSSR count). The Kier molecular flexibility index (Phi) is 7.65. The number of carbonyl (C=O) groups is 1. The van der Waals surface area contributed by atoms with Crippen LogP contribution in [-0.4, -0.2) is 58.4 Å². The van der Waals surface area contributed by atoms with Crippen LogP contribution >= 0.6 is 0 Å². The molecule has 7 nitrogen and oxygen atoms in total. The minimum Gasteiger partial charge on any atom is -0.484 e. The summed E-state index contributed by atoms with van der Waals surface area (Å²) in [6.07, 6.45) is 5.91. The van der Waals surface area contributed by atoms with Crippen LogP contribution in [0.2, 0.25) is 0 Å². The molecule has 1 amide bonds. The Bertz CT molecular complexity index is 1020. The minimum absolute atomic E-state index is 0.00735. The van der Waals surface area contributed by atoms with Gasteiger partial charge in [-0.3, -0.25) is 9.69 Å². The second-order valence-electron chi connectivity index (χ2n) is 7.75. The number of fused-ring (bicyclic) bond motifs is 1. The van der Waals surface area contributed by atoms with Gasteiger partial charge in [-0.1, -0.05) is 60.7 Å². The predicted molar refractivity (Wildman–Crippen MR) is 124 cm³/mol. The normalized spacial score (nSPS) is 14.1. The number of carbonyl (C=O) groups excluding carboxylic acids is 1. The van der Waals surface area contributed by atoms with Crippen LogP contribution < -0.4 is 10.1 Å². The third kappa shape index (κ3) is 6.28. The zero-order chi connectivity index (χ0) is 22.0. The average molecular weight is 432 g/mol. The van der Waals surface area contributed by atoms with E-state index < -0.39 is 0 Å². The van der Waals surface area contributed by atoms with Crippen LogP contribution in [-0.2, 0) is 24.2 Å². The van der Waals surface area contributed by atoms with Gasteiger partial charge in [0.2, 0.25) is 0 Å². The summed E-state index contributed by atoms with van der Waals surface area (Å²) in [6.45, 7) is 4.22. The molecule has 1 aromatic heterocycles. The summed E-state index contributed by atoms with van der Waals surface area (Å²) in [5.74, 6) is 2.49. The molecule has 0 saturated carbocycles. The largest absolute Gasteiger partial charge is 0.484 e. The maximum atomic E-state index is 12.0. The Labute approximate surface area is 188 Å². The van der Waals surface area contributed by atoms with Crippen LogP contribution in [0.4, 0.5) is 0 Å². The number of para-hydroxylation sites is 1. The van der Waals surface area contributed by atoms with Crippen molar-refractivity contribution >= 4 is 12.0 Å². The van der Waals surface area contributed by atoms with Gasteiger partial charge in [0.1, 0.15) is 17.4 Å². The first-order chi connectivity index (χ1) is 15.8. The molecular formula is C25H29N5O2. The van der Waals surface area contributed by atoms with E-state index in [-0.39, 0.29) is 12.5 Å². The smallest absolute Gasteiger partial charge is 0.257 e. The molecule has 0 unspecified atom stereocenters. The second-order valence-corrected chi connectivity index (χ2v) is 7.75. The number of rotatable bonds is 9. The molecule has 1 N–H and O–H groups in total. The lowest BCUT2D eigenvalue weighted by atomic mass is 10.2. The summed E-state index contributed by atoms with van der Waals surface area (Å²) in [5, 5.41) is 11.6. The molecule has 0 atom stereocenters. The van der Waals surface area contributed by atoms with E-state index in [1.807, 2.05) is 36.4 Å². The molecule has 0 spiro atoms. The summed E-state index contributed by atoms with van der Waals surface area (Å²) in [4.78, 5) is 14.5. The standard InChI is InChI=1S/C25H29N5O2/c31-25(20-32-22-11-5-2-6-12-22)26-15-13-23-27-28-24-14-17-29(18-19-30(23)24)16-7-10-21-8-3-1-4-9-21/h1-12H,13-20H2,(H,26,31)/b10-7+. The number of aromatic nitrogens is 3. The molecular weight excluding hydrogens is 402 g/mol. The first kappa shape index (κ1) is 21.8. The van der Waals surface area contributed by atoms with Crippen molar-refractivity contribution in [1.29, 1.82) is 0 Å². The summed E-state index contributed by atoms with van der Waals surface area (Å²) < 4.78 is 7.68. The third-order valence-electron chi connectivity index (χ3n) is 5.45. The van der Waals surface area contributed by atoms with Gasteiger partial charge in [-0.15, -0.1) is 10.2 Å². The van der Waals surface area contributed by atoms with Gasteiger partial charge in [0.25, 0.3) is 5.91 Å². The lowest BCUT2D eigenvalue weighted by Crippen LogP contribution is -2.31. The van der Waals surface area contributed by atoms with E-state index in [1.165, 1.54) is 5.56 Å². The van der Waals surface area contributed by atoms with Gasteiger partial charge in [0.05, 0.1) is 0 Å². The van der Waals surface area contributed by atoms with Gasteiger partial charge >= 0.3 is 0 Å². The molecule has 1 aliphatic heterocycles. The number of nitrogens with zero attached hydrogens (tertiary/aromatic N) is 4. The first-order valence-corrected chi connectivity index (χ1v) is 11.1. The Hall–Kier alpha value is -3.45. The monoisotopic (exact) mass is 431 g/mol. The van der Waals surface area contributed by atoms with Gasteiger partial charge in [0, 0.05) is 45.6 Å². The van der Waals surface area contributed by atoms with Crippen molar-refractivity contribution in [2.24, 2.45) is 0 Å². The Balaban J connectivity index is 1.21. The quantitative estimate of drug-likeness (QED) is 0.564. The van der Waals surface area contributed by atoms with Crippen LogP contribution in [0.3, 0.4) is 0 Å². The van der Waals surface area contributed by atoms with E-state index in [0.717, 1.165) is 44.2 Å². The van der Waals surface area contributed by atoms with E-state index >= 15 is 0 Å². The molecule has 0 fully saturated rings. The molecule has 0 bridgehead atoms. The van der Waals surface area contributed by atoms with E-state index in [2.05, 4.69) is 61.4 Å². The first-order valence-electron chi connectivity index (χ1n) is 11.1. The molecule has 0 aliphatic carbocycles. The fraction of sp³-hybridized carbons (Fsp3) is 0.320. The number of benzene rings is 2. The van der Waals surface area contributed by atoms with Crippen LogP contribution in [0.25, 0.3) is 6.08 Å². The highest BCUT2D eigenvalue weighted by molar-refractivity contribution is 5.77. The molecule has 166 valence electrons. The van der Waals surface area contributed by atoms with Crippen molar-refractivity contribution in [3.63, 3.8) is 0 Å². The number of hydrogen-bond acceptors (Lipinski definition) is 5. The van der Waals surface area contributed by atoms with Gasteiger partial charge in [-0.25, -0.2) is 0 Å². The zero-order valence-corrected chi connectivity index (χ0v) is 18.2. The van der Waals surface area contributed by atoms with Gasteiger partial charge in [-0.2, -0.15) is 0 Å². The third-order valence-corrected chi connectivity index (χ3v) is 5.45. The maximum Gasteiger partial charge on any atom is 0.257 e. The van der Waals surface area contributed by atoms with Crippen molar-refractivity contribution in [1.82, 2.24) is 25.0 Å². The summed E-state index contributed by atoms with van der Waals surface area (Å²) in [5.41, 5.74) is 1.22. The van der Waals surface area contributed by atoms with Crippen LogP contribution in [0.15, 0.2) is 66.7 Å². The van der Waals surface area contributed by atoms with E-state index in [0.29, 0.717) is 18.7 Å². The van der Waals surface area contributed by atoms with Crippen molar-refractivity contribution in [3.8, 4) is 5.75 Å². The van der Waals surface area contributed by atoms with Crippen LogP contribution in [0, 0.1) is 0 Å². The van der Waals surface area contributed by atoms with Crippen molar-refractivity contribution < 1.29 is 9.53 Å². The predicted octanol–water partition coefficient (Wildman–Crippen LogP) is 2.59. The number of ether oxygens (including phenoxy) is 1. The van der Waals surface area contributed by atoms with E-state index in [1.54, 1.807) is 0 Å². The lowest BCUT2D eigenvalue weighted by molar-refractivity contribution is -0.123. The fourth-order valence-corrected chi connectivity index (χ4v) is 3.73. The minimum atomic E-state index is -0.138. The Morgan fingerprint density at radius 1 is 1.00 bits per heavy atom. The molecule has 32 heavy (non-hydrogen) atoms. The molecule has 2 aromatic carbocycles. The highest BCUT2D eigenvalue weighted by atomic mass is 16.5. The zero-order valence-electron chi connectivity index (χ0n) is 18.2. The lowest BCUT2D eigenvalue weighted by Gasteiger charge is -2.17. The molecule has 0 saturated heterocycles. The van der Waals surface area contributed by atoms with Crippen LogP contribution in [0.5, 0.6) is 5.75 Å². The summed E-state index contributed by atoms with van der Waals surface area (Å²) >= 11 is 0. The number of hydrogen-bond donors (Lipinski definition) is 1. The van der Waals surface area contributed by atoms with Gasteiger partial charge < -0.3 is 14.6 Å². The molecule has 2 heterocycles. The van der Waals surface area contributed by atoms with Gasteiger partial charge in [0.15, 0.2) is 6.61 Å². The average Bonchev–Trinajstić information content (AvgIpc) is 3.10. The summed E-state index contributed by atoms with van der Waals surface area (Å²) in [7, 11) is 0. The molecule has 1 aliphatic rings. The SMILES string of the molecule is O=C(COc1ccccc1)NCCc1nnc2n1CCN(C/C=C/c1ccccc1)CC2. The Morgan fingerprint density at radius 2 is 1.78 bits per heavy atom. The topological polar surface area (TPSA) is 72.3 Å².